The number of carboxylic acid groups (broad SMARTS) is 1. The van der Waals surface area contributed by atoms with Crippen molar-refractivity contribution in [2.45, 2.75) is 12.6 Å². The van der Waals surface area contributed by atoms with Crippen LogP contribution >= 0.6 is 34.4 Å². The van der Waals surface area contributed by atoms with Gasteiger partial charge in [-0.05, 0) is 24.3 Å². The topological polar surface area (TPSA) is 71.4 Å². The van der Waals surface area contributed by atoms with E-state index in [4.69, 9.17) is 5.11 Å². The van der Waals surface area contributed by atoms with Gasteiger partial charge in [-0.15, -0.1) is 22.7 Å². The molecule has 18 heavy (non-hydrogen) atoms. The minimum Gasteiger partial charge on any atom is -0.477 e. The number of rotatable bonds is 4. The average molecular weight is 320 g/mol. The first kappa shape index (κ1) is 13.6. The Morgan fingerprint density at radius 1 is 1.17 bits per heavy atom. The number of hydrogen-bond acceptors (Lipinski definition) is 6. The second-order valence-electron chi connectivity index (χ2n) is 3.37. The van der Waals surface area contributed by atoms with Gasteiger partial charge >= 0.3 is 5.97 Å². The first-order valence-electron chi connectivity index (χ1n) is 4.67. The van der Waals surface area contributed by atoms with Crippen LogP contribution in [0, 0.1) is 0 Å². The molecule has 1 N–H and O–H groups in total. The van der Waals surface area contributed by atoms with E-state index in [1.165, 1.54) is 40.7 Å². The van der Waals surface area contributed by atoms with Crippen LogP contribution in [0.5, 0.6) is 0 Å². The van der Waals surface area contributed by atoms with Gasteiger partial charge in [0.2, 0.25) is 0 Å². The summed E-state index contributed by atoms with van der Waals surface area (Å²) in [6, 6.07) is 6.55. The molecule has 0 atom stereocenters. The van der Waals surface area contributed by atoms with Gasteiger partial charge in [-0.2, -0.15) is 0 Å². The Morgan fingerprint density at radius 3 is 2.28 bits per heavy atom. The van der Waals surface area contributed by atoms with E-state index in [-0.39, 0.29) is 4.88 Å². The van der Waals surface area contributed by atoms with E-state index in [0.717, 1.165) is 8.42 Å². The molecule has 0 radical (unpaired) electrons. The van der Waals surface area contributed by atoms with Crippen LogP contribution in [-0.4, -0.2) is 25.7 Å². The minimum absolute atomic E-state index is 0.275. The van der Waals surface area contributed by atoms with Crippen LogP contribution in [0.1, 0.15) is 9.67 Å². The Balaban J connectivity index is 2.19. The third-order valence-electron chi connectivity index (χ3n) is 1.92. The second-order valence-corrected chi connectivity index (χ2v) is 9.38. The third kappa shape index (κ3) is 3.14. The molecule has 2 rings (SSSR count). The number of aromatic carboxylic acids is 1. The molecule has 2 heterocycles. The monoisotopic (exact) mass is 320 g/mol. The summed E-state index contributed by atoms with van der Waals surface area (Å²) < 4.78 is 24.6. The van der Waals surface area contributed by atoms with Crippen molar-refractivity contribution in [2.75, 3.05) is 6.26 Å². The fourth-order valence-electron chi connectivity index (χ4n) is 1.15. The number of hydrogen-bond donors (Lipinski definition) is 1. The minimum atomic E-state index is -3.17. The van der Waals surface area contributed by atoms with Gasteiger partial charge in [-0.3, -0.25) is 0 Å². The molecule has 0 aliphatic rings. The summed E-state index contributed by atoms with van der Waals surface area (Å²) in [5, 5.41) is 8.80. The Kier molecular flexibility index (Phi) is 3.81. The van der Waals surface area contributed by atoms with Gasteiger partial charge in [0.05, 0.1) is 8.42 Å². The Morgan fingerprint density at radius 2 is 1.78 bits per heavy atom. The normalized spacial score (nSPS) is 11.6. The quantitative estimate of drug-likeness (QED) is 0.937. The van der Waals surface area contributed by atoms with Crippen molar-refractivity contribution in [3.63, 3.8) is 0 Å². The summed E-state index contributed by atoms with van der Waals surface area (Å²) in [7, 11) is -3.17. The third-order valence-corrected chi connectivity index (χ3v) is 7.16. The highest BCUT2D eigenvalue weighted by atomic mass is 32.2. The van der Waals surface area contributed by atoms with Crippen LogP contribution < -0.4 is 0 Å². The van der Waals surface area contributed by atoms with Crippen molar-refractivity contribution in [1.29, 1.82) is 0 Å². The second kappa shape index (κ2) is 5.04. The molecule has 4 nitrogen and oxygen atoms in total. The lowest BCUT2D eigenvalue weighted by Gasteiger charge is -1.92. The highest BCUT2D eigenvalue weighted by Crippen LogP contribution is 2.38. The van der Waals surface area contributed by atoms with Crippen molar-refractivity contribution < 1.29 is 18.3 Å². The Hall–Kier alpha value is -0.830. The zero-order valence-electron chi connectivity index (χ0n) is 9.11. The molecule has 96 valence electrons. The number of carboxylic acids is 1. The van der Waals surface area contributed by atoms with Crippen molar-refractivity contribution in [2.24, 2.45) is 0 Å². The SMILES string of the molecule is CS(=O)(=O)c1ccc(Sc2ccc(C(=O)O)s2)s1. The summed E-state index contributed by atoms with van der Waals surface area (Å²) in [4.78, 5) is 11.0. The molecule has 0 saturated carbocycles. The molecule has 0 aliphatic carbocycles. The molecule has 0 aliphatic heterocycles. The highest BCUT2D eigenvalue weighted by Gasteiger charge is 2.13. The molecule has 0 aromatic carbocycles. The zero-order chi connectivity index (χ0) is 13.3. The zero-order valence-corrected chi connectivity index (χ0v) is 12.4. The van der Waals surface area contributed by atoms with Crippen LogP contribution in [0.4, 0.5) is 0 Å². The van der Waals surface area contributed by atoms with Crippen molar-refractivity contribution in [3.05, 3.63) is 29.1 Å². The van der Waals surface area contributed by atoms with Gasteiger partial charge in [0.15, 0.2) is 9.84 Å². The maximum atomic E-state index is 11.3. The van der Waals surface area contributed by atoms with E-state index in [1.807, 2.05) is 0 Å². The average Bonchev–Trinajstić information content (AvgIpc) is 2.85. The van der Waals surface area contributed by atoms with E-state index in [0.29, 0.717) is 4.21 Å². The molecule has 0 unspecified atom stereocenters. The lowest BCUT2D eigenvalue weighted by Crippen LogP contribution is -1.91. The van der Waals surface area contributed by atoms with E-state index in [1.54, 1.807) is 24.3 Å². The predicted molar refractivity (Wildman–Crippen MR) is 72.8 cm³/mol. The van der Waals surface area contributed by atoms with Crippen molar-refractivity contribution in [3.8, 4) is 0 Å². The van der Waals surface area contributed by atoms with Crippen LogP contribution in [0.3, 0.4) is 0 Å². The largest absolute Gasteiger partial charge is 0.477 e. The van der Waals surface area contributed by atoms with E-state index < -0.39 is 15.8 Å². The molecule has 0 amide bonds. The van der Waals surface area contributed by atoms with Gasteiger partial charge < -0.3 is 5.11 Å². The molecule has 2 aromatic heterocycles. The first-order chi connectivity index (χ1) is 8.36. The number of carbonyl (C=O) groups is 1. The highest BCUT2D eigenvalue weighted by molar-refractivity contribution is 8.03. The predicted octanol–water partition coefficient (Wildman–Crippen LogP) is 3.06. The summed E-state index contributed by atoms with van der Waals surface area (Å²) in [5.74, 6) is -0.949. The molecular formula is C10H8O4S4. The van der Waals surface area contributed by atoms with E-state index in [2.05, 4.69) is 0 Å². The van der Waals surface area contributed by atoms with Crippen LogP contribution in [-0.2, 0) is 9.84 Å². The van der Waals surface area contributed by atoms with Gasteiger partial charge in [0, 0.05) is 6.26 Å². The molecular weight excluding hydrogens is 312 g/mol. The summed E-state index contributed by atoms with van der Waals surface area (Å²) >= 11 is 3.73. The van der Waals surface area contributed by atoms with Crippen molar-refractivity contribution in [1.82, 2.24) is 0 Å². The number of thiophene rings is 2. The lowest BCUT2D eigenvalue weighted by molar-refractivity contribution is 0.0702. The van der Waals surface area contributed by atoms with Crippen molar-refractivity contribution >= 4 is 50.2 Å². The van der Waals surface area contributed by atoms with E-state index >= 15 is 0 Å². The van der Waals surface area contributed by atoms with Gasteiger partial charge in [0.1, 0.15) is 9.09 Å². The van der Waals surface area contributed by atoms with Crippen LogP contribution in [0.15, 0.2) is 36.9 Å². The molecule has 0 saturated heterocycles. The molecule has 2 aromatic rings. The fraction of sp³-hybridized carbons (Fsp3) is 0.100. The summed E-state index contributed by atoms with van der Waals surface area (Å²) in [5.41, 5.74) is 0. The summed E-state index contributed by atoms with van der Waals surface area (Å²) in [6.45, 7) is 0. The van der Waals surface area contributed by atoms with Crippen LogP contribution in [0.2, 0.25) is 0 Å². The van der Waals surface area contributed by atoms with E-state index in [9.17, 15) is 13.2 Å². The molecule has 0 spiro atoms. The van der Waals surface area contributed by atoms with Gasteiger partial charge in [0.25, 0.3) is 0 Å². The number of sulfone groups is 1. The fourth-order valence-corrected chi connectivity index (χ4v) is 5.58. The Bertz CT molecular complexity index is 680. The molecule has 0 fully saturated rings. The first-order valence-corrected chi connectivity index (χ1v) is 9.01. The maximum absolute atomic E-state index is 11.3. The standard InChI is InChI=1S/C10H8O4S4/c1-18(13,14)9-5-4-8(17-9)16-7-3-2-6(15-7)10(11)12/h2-5H,1H3,(H,11,12). The van der Waals surface area contributed by atoms with Crippen LogP contribution in [0.25, 0.3) is 0 Å². The molecule has 8 heteroatoms. The molecule has 0 bridgehead atoms. The Labute approximate surface area is 116 Å². The maximum Gasteiger partial charge on any atom is 0.345 e. The summed E-state index contributed by atoms with van der Waals surface area (Å²) in [6.07, 6.45) is 1.17. The smallest absolute Gasteiger partial charge is 0.345 e. The lowest BCUT2D eigenvalue weighted by atomic mass is 10.5. The van der Waals surface area contributed by atoms with Gasteiger partial charge in [-0.25, -0.2) is 13.2 Å². The van der Waals surface area contributed by atoms with Gasteiger partial charge in [-0.1, -0.05) is 11.8 Å².